The van der Waals surface area contributed by atoms with Crippen LogP contribution in [-0.4, -0.2) is 12.6 Å². The van der Waals surface area contributed by atoms with Crippen molar-refractivity contribution in [2.24, 2.45) is 0 Å². The van der Waals surface area contributed by atoms with Gasteiger partial charge in [-0.05, 0) is 20.3 Å². The van der Waals surface area contributed by atoms with Gasteiger partial charge >= 0.3 is 0 Å². The van der Waals surface area contributed by atoms with Gasteiger partial charge in [0, 0.05) is 5.54 Å². The molecule has 0 heterocycles. The first-order valence-corrected chi connectivity index (χ1v) is 3.09. The fourth-order valence-corrected chi connectivity index (χ4v) is 0.227. The lowest BCUT2D eigenvalue weighted by Crippen LogP contribution is -2.38. The molecule has 9 heavy (non-hydrogen) atoms. The highest BCUT2D eigenvalue weighted by Crippen LogP contribution is 2.05. The molecule has 0 aliphatic carbocycles. The topological polar surface area (TPSA) is 30.5 Å². The summed E-state index contributed by atoms with van der Waals surface area (Å²) in [5, 5.41) is 0. The van der Waals surface area contributed by atoms with Gasteiger partial charge in [-0.25, -0.2) is 4.89 Å². The zero-order valence-electron chi connectivity index (χ0n) is 6.52. The van der Waals surface area contributed by atoms with Crippen molar-refractivity contribution in [2.75, 3.05) is 7.11 Å². The molecule has 0 saturated carbocycles. The Balaban J connectivity index is 3.33. The van der Waals surface area contributed by atoms with E-state index >= 15 is 0 Å². The molecule has 0 aliphatic heterocycles. The van der Waals surface area contributed by atoms with Crippen LogP contribution in [0, 0.1) is 0 Å². The van der Waals surface area contributed by atoms with E-state index in [9.17, 15) is 0 Å². The molecule has 3 nitrogen and oxygen atoms in total. The second kappa shape index (κ2) is 3.82. The van der Waals surface area contributed by atoms with Crippen LogP contribution in [0.3, 0.4) is 0 Å². The molecule has 56 valence electrons. The predicted octanol–water partition coefficient (Wildman–Crippen LogP) is 1.26. The van der Waals surface area contributed by atoms with E-state index in [1.54, 1.807) is 0 Å². The molecule has 0 amide bonds. The van der Waals surface area contributed by atoms with E-state index in [4.69, 9.17) is 0 Å². The quantitative estimate of drug-likeness (QED) is 0.462. The summed E-state index contributed by atoms with van der Waals surface area (Å²) < 4.78 is 0. The molecule has 0 saturated heterocycles. The monoisotopic (exact) mass is 133 g/mol. The molecule has 0 aliphatic rings. The van der Waals surface area contributed by atoms with Crippen molar-refractivity contribution in [2.45, 2.75) is 32.7 Å². The average Bonchev–Trinajstić information content (AvgIpc) is 1.84. The maximum absolute atomic E-state index is 4.54. The van der Waals surface area contributed by atoms with Crippen molar-refractivity contribution in [1.29, 1.82) is 0 Å². The van der Waals surface area contributed by atoms with Crippen LogP contribution >= 0.6 is 0 Å². The highest BCUT2D eigenvalue weighted by Gasteiger charge is 2.13. The van der Waals surface area contributed by atoms with E-state index in [2.05, 4.69) is 22.3 Å². The third-order valence-corrected chi connectivity index (χ3v) is 1.29. The summed E-state index contributed by atoms with van der Waals surface area (Å²) in [6.07, 6.45) is 0.996. The van der Waals surface area contributed by atoms with E-state index < -0.39 is 0 Å². The Labute approximate surface area is 56.2 Å². The van der Waals surface area contributed by atoms with Crippen molar-refractivity contribution in [3.8, 4) is 0 Å². The van der Waals surface area contributed by atoms with Gasteiger partial charge in [0.15, 0.2) is 0 Å². The molecule has 3 heteroatoms. The van der Waals surface area contributed by atoms with E-state index in [0.717, 1.165) is 6.42 Å². The lowest BCUT2D eigenvalue weighted by atomic mass is 10.0. The first-order chi connectivity index (χ1) is 4.12. The molecule has 0 atom stereocenters. The van der Waals surface area contributed by atoms with Gasteiger partial charge < -0.3 is 0 Å². The molecular formula is C6H15NO2. The van der Waals surface area contributed by atoms with Gasteiger partial charge in [-0.2, -0.15) is 5.48 Å². The first kappa shape index (κ1) is 8.88. The summed E-state index contributed by atoms with van der Waals surface area (Å²) in [5.41, 5.74) is 2.73. The lowest BCUT2D eigenvalue weighted by Gasteiger charge is -2.21. The highest BCUT2D eigenvalue weighted by molar-refractivity contribution is 4.69. The van der Waals surface area contributed by atoms with Gasteiger partial charge in [0.1, 0.15) is 0 Å². The zero-order valence-corrected chi connectivity index (χ0v) is 6.52. The van der Waals surface area contributed by atoms with Crippen LogP contribution in [-0.2, 0) is 9.88 Å². The molecule has 0 aromatic rings. The van der Waals surface area contributed by atoms with Gasteiger partial charge in [-0.3, -0.25) is 0 Å². The molecular weight excluding hydrogens is 118 g/mol. The standard InChI is InChI=1S/C6H15NO2/c1-5-6(2,3)7-9-8-4/h7H,5H2,1-4H3. The maximum Gasteiger partial charge on any atom is 0.0732 e. The normalized spacial score (nSPS) is 12.0. The van der Waals surface area contributed by atoms with Crippen LogP contribution < -0.4 is 5.48 Å². The summed E-state index contributed by atoms with van der Waals surface area (Å²) in [6.45, 7) is 6.14. The van der Waals surface area contributed by atoms with Gasteiger partial charge in [-0.1, -0.05) is 6.92 Å². The lowest BCUT2D eigenvalue weighted by molar-refractivity contribution is -0.331. The minimum atomic E-state index is -0.00396. The largest absolute Gasteiger partial charge is 0.221 e. The summed E-state index contributed by atoms with van der Waals surface area (Å²) in [6, 6.07) is 0. The first-order valence-electron chi connectivity index (χ1n) is 3.09. The van der Waals surface area contributed by atoms with Crippen LogP contribution in [0.4, 0.5) is 0 Å². The Morgan fingerprint density at radius 3 is 2.33 bits per heavy atom. The Hall–Kier alpha value is -0.120. The van der Waals surface area contributed by atoms with Crippen LogP contribution in [0.5, 0.6) is 0 Å². The van der Waals surface area contributed by atoms with Crippen molar-refractivity contribution < 1.29 is 9.88 Å². The van der Waals surface area contributed by atoms with Crippen LogP contribution in [0.25, 0.3) is 0 Å². The van der Waals surface area contributed by atoms with Gasteiger partial charge in [-0.15, -0.1) is 4.99 Å². The number of hydroxylamine groups is 1. The van der Waals surface area contributed by atoms with Crippen LogP contribution in [0.2, 0.25) is 0 Å². The molecule has 0 aromatic heterocycles. The summed E-state index contributed by atoms with van der Waals surface area (Å²) in [7, 11) is 1.47. The number of rotatable bonds is 4. The molecule has 0 fully saturated rings. The average molecular weight is 133 g/mol. The Morgan fingerprint density at radius 2 is 2.00 bits per heavy atom. The van der Waals surface area contributed by atoms with Crippen LogP contribution in [0.15, 0.2) is 0 Å². The van der Waals surface area contributed by atoms with Crippen molar-refractivity contribution >= 4 is 0 Å². The summed E-state index contributed by atoms with van der Waals surface area (Å²) in [4.78, 5) is 8.91. The van der Waals surface area contributed by atoms with Gasteiger partial charge in [0.25, 0.3) is 0 Å². The van der Waals surface area contributed by atoms with Crippen LogP contribution in [0.1, 0.15) is 27.2 Å². The summed E-state index contributed by atoms with van der Waals surface area (Å²) >= 11 is 0. The fraction of sp³-hybridized carbons (Fsp3) is 1.00. The molecule has 0 bridgehead atoms. The van der Waals surface area contributed by atoms with E-state index in [1.165, 1.54) is 7.11 Å². The molecule has 0 unspecified atom stereocenters. The van der Waals surface area contributed by atoms with E-state index in [-0.39, 0.29) is 5.54 Å². The Bertz CT molecular complexity index is 73.5. The van der Waals surface area contributed by atoms with Gasteiger partial charge in [0.05, 0.1) is 7.11 Å². The zero-order chi connectivity index (χ0) is 7.33. The van der Waals surface area contributed by atoms with Crippen molar-refractivity contribution in [3.05, 3.63) is 0 Å². The van der Waals surface area contributed by atoms with Crippen molar-refractivity contribution in [3.63, 3.8) is 0 Å². The summed E-state index contributed by atoms with van der Waals surface area (Å²) in [5.74, 6) is 0. The second-order valence-corrected chi connectivity index (χ2v) is 2.59. The molecule has 0 aromatic carbocycles. The number of nitrogens with one attached hydrogen (secondary N) is 1. The SMILES string of the molecule is CCC(C)(C)NOOC. The Morgan fingerprint density at radius 1 is 1.44 bits per heavy atom. The van der Waals surface area contributed by atoms with Gasteiger partial charge in [0.2, 0.25) is 0 Å². The third-order valence-electron chi connectivity index (χ3n) is 1.29. The second-order valence-electron chi connectivity index (χ2n) is 2.59. The van der Waals surface area contributed by atoms with Crippen molar-refractivity contribution in [1.82, 2.24) is 5.48 Å². The molecule has 0 rings (SSSR count). The third kappa shape index (κ3) is 4.39. The highest BCUT2D eigenvalue weighted by atomic mass is 17.3. The number of hydrogen-bond donors (Lipinski definition) is 1. The smallest absolute Gasteiger partial charge is 0.0732 e. The minimum Gasteiger partial charge on any atom is -0.221 e. The van der Waals surface area contributed by atoms with E-state index in [1.807, 2.05) is 13.8 Å². The fourth-order valence-electron chi connectivity index (χ4n) is 0.227. The van der Waals surface area contributed by atoms with E-state index in [0.29, 0.717) is 0 Å². The minimum absolute atomic E-state index is 0.00396. The molecule has 0 spiro atoms. The molecule has 1 N–H and O–H groups in total. The predicted molar refractivity (Wildman–Crippen MR) is 35.6 cm³/mol. The maximum atomic E-state index is 4.54. The Kier molecular flexibility index (Phi) is 3.77. The molecule has 0 radical (unpaired) electrons. The number of hydrogen-bond acceptors (Lipinski definition) is 3.